The van der Waals surface area contributed by atoms with E-state index in [1.807, 2.05) is 21.0 Å². The maximum Gasteiger partial charge on any atom is 0.218 e. The highest BCUT2D eigenvalue weighted by molar-refractivity contribution is 5.72. The van der Waals surface area contributed by atoms with E-state index in [-0.39, 0.29) is 17.7 Å². The highest BCUT2D eigenvalue weighted by atomic mass is 16.5. The predicted octanol–water partition coefficient (Wildman–Crippen LogP) is 0.350. The lowest BCUT2D eigenvalue weighted by Crippen LogP contribution is -2.17. The van der Waals surface area contributed by atoms with E-state index < -0.39 is 0 Å². The number of ether oxygens (including phenoxy) is 2. The van der Waals surface area contributed by atoms with Crippen LogP contribution in [-0.4, -0.2) is 92.8 Å². The second-order valence-electron chi connectivity index (χ2n) is 4.51. The summed E-state index contributed by atoms with van der Waals surface area (Å²) >= 11 is 0. The molecule has 0 fully saturated rings. The van der Waals surface area contributed by atoms with Gasteiger partial charge >= 0.3 is 0 Å². The van der Waals surface area contributed by atoms with E-state index in [4.69, 9.17) is 0 Å². The smallest absolute Gasteiger partial charge is 0.218 e. The van der Waals surface area contributed by atoms with E-state index in [2.05, 4.69) is 25.4 Å². The Morgan fingerprint density at radius 3 is 0.923 bits per heavy atom. The molecule has 0 saturated carbocycles. The molecule has 0 aromatic carbocycles. The zero-order valence-electron chi connectivity index (χ0n) is 19.2. The van der Waals surface area contributed by atoms with Crippen LogP contribution in [0.25, 0.3) is 0 Å². The molecule has 0 spiro atoms. The Hall–Kier alpha value is -1.71. The van der Waals surface area contributed by atoms with Gasteiger partial charge in [-0.2, -0.15) is 0 Å². The van der Waals surface area contributed by atoms with Crippen molar-refractivity contribution < 1.29 is 23.9 Å². The number of carbonyl (C=O) groups excluding carboxylic acids is 3. The van der Waals surface area contributed by atoms with Crippen LogP contribution in [0.5, 0.6) is 0 Å². The fourth-order valence-electron chi connectivity index (χ4n) is 0. The van der Waals surface area contributed by atoms with Crippen molar-refractivity contribution in [1.29, 1.82) is 0 Å². The van der Waals surface area contributed by atoms with Crippen LogP contribution in [0.3, 0.4) is 0 Å². The van der Waals surface area contributed by atoms with Gasteiger partial charge in [0.05, 0.1) is 0 Å². The van der Waals surface area contributed by atoms with E-state index in [0.29, 0.717) is 0 Å². The molecule has 9 nitrogen and oxygen atoms in total. The summed E-state index contributed by atoms with van der Waals surface area (Å²) in [6.45, 7) is 7.25. The van der Waals surface area contributed by atoms with E-state index in [1.165, 1.54) is 25.7 Å². The summed E-state index contributed by atoms with van der Waals surface area (Å²) in [5, 5.41) is 7.53. The molecular weight excluding hydrogens is 340 g/mol. The van der Waals surface area contributed by atoms with Crippen molar-refractivity contribution in [3.63, 3.8) is 0 Å². The number of rotatable bonds is 1. The quantitative estimate of drug-likeness (QED) is 0.602. The number of hydrogen-bond donors (Lipinski definition) is 3. The molecule has 0 rings (SSSR count). The Balaban J connectivity index is -0.0000000471. The maximum atomic E-state index is 10.1. The van der Waals surface area contributed by atoms with Gasteiger partial charge in [0, 0.05) is 76.9 Å². The van der Waals surface area contributed by atoms with Gasteiger partial charge in [0.2, 0.25) is 17.7 Å². The third-order valence-corrected chi connectivity index (χ3v) is 1.62. The van der Waals surface area contributed by atoms with Crippen LogP contribution in [0.2, 0.25) is 0 Å². The van der Waals surface area contributed by atoms with Gasteiger partial charge in [0.1, 0.15) is 0 Å². The van der Waals surface area contributed by atoms with E-state index in [9.17, 15) is 14.4 Å². The predicted molar refractivity (Wildman–Crippen MR) is 109 cm³/mol. The molecule has 0 aromatic rings. The van der Waals surface area contributed by atoms with Crippen LogP contribution >= 0.6 is 0 Å². The summed E-state index contributed by atoms with van der Waals surface area (Å²) in [4.78, 5) is 31.0. The second-order valence-corrected chi connectivity index (χ2v) is 4.51. The van der Waals surface area contributed by atoms with Crippen LogP contribution in [-0.2, 0) is 23.9 Å². The minimum Gasteiger partial charge on any atom is -0.388 e. The maximum absolute atomic E-state index is 10.1. The summed E-state index contributed by atoms with van der Waals surface area (Å²) in [7, 11) is 15.3. The summed E-state index contributed by atoms with van der Waals surface area (Å²) in [6, 6.07) is 0. The molecule has 3 amide bonds. The number of amides is 3. The Morgan fingerprint density at radius 2 is 0.923 bits per heavy atom. The molecule has 0 aliphatic carbocycles. The van der Waals surface area contributed by atoms with Gasteiger partial charge in [0.15, 0.2) is 0 Å². The molecule has 0 aromatic heterocycles. The topological polar surface area (TPSA) is 109 Å². The molecular formula is C17H44N4O5. The lowest BCUT2D eigenvalue weighted by Gasteiger charge is -2.02. The first-order valence-electron chi connectivity index (χ1n) is 7.95. The van der Waals surface area contributed by atoms with Gasteiger partial charge in [-0.1, -0.05) is 0 Å². The molecule has 0 radical (unpaired) electrons. The minimum atomic E-state index is 0.00463. The van der Waals surface area contributed by atoms with Gasteiger partial charge in [-0.25, -0.2) is 0 Å². The molecule has 0 heterocycles. The fourth-order valence-corrected chi connectivity index (χ4v) is 0. The van der Waals surface area contributed by atoms with Crippen molar-refractivity contribution in [3.8, 4) is 0 Å². The molecule has 0 bridgehead atoms. The van der Waals surface area contributed by atoms with Crippen LogP contribution in [0.15, 0.2) is 0 Å². The zero-order valence-corrected chi connectivity index (χ0v) is 19.2. The first kappa shape index (κ1) is 39.4. The van der Waals surface area contributed by atoms with E-state index in [0.717, 1.165) is 6.61 Å². The van der Waals surface area contributed by atoms with Crippen LogP contribution < -0.4 is 16.0 Å². The molecule has 9 heteroatoms. The molecule has 0 atom stereocenters. The third kappa shape index (κ3) is 190. The van der Waals surface area contributed by atoms with Crippen molar-refractivity contribution >= 4 is 17.7 Å². The number of methoxy groups -OCH3 is 2. The molecule has 0 saturated heterocycles. The largest absolute Gasteiger partial charge is 0.388 e. The lowest BCUT2D eigenvalue weighted by atomic mass is 10.7. The molecule has 0 aliphatic heterocycles. The normalized spacial score (nSPS) is 6.96. The van der Waals surface area contributed by atoms with Gasteiger partial charge in [0.25, 0.3) is 0 Å². The highest BCUT2D eigenvalue weighted by Crippen LogP contribution is 1.69. The number of nitrogens with one attached hydrogen (secondary N) is 3. The second kappa shape index (κ2) is 43.6. The SMILES string of the molecule is CC(=O)N(C)C.CCOC.CNC.CNC(C)=O.CNC(C)=O.COC. The monoisotopic (exact) mass is 384 g/mol. The standard InChI is InChI=1S/C4H9NO.2C3H7NO.C3H8O.C2H7N.C2H6O/c1-4(6)5(2)3;2*1-3(5)4-2;1-3-4-2;2*1-3-2/h1-3H3;2*1-2H3,(H,4,5);3H2,1-2H3;3H,1-2H3;1-2H3. The Morgan fingerprint density at radius 1 is 0.808 bits per heavy atom. The van der Waals surface area contributed by atoms with Crippen molar-refractivity contribution in [1.82, 2.24) is 20.9 Å². The summed E-state index contributed by atoms with van der Waals surface area (Å²) in [5.41, 5.74) is 0. The first-order valence-corrected chi connectivity index (χ1v) is 7.95. The average Bonchev–Trinajstić information content (AvgIpc) is 2.57. The number of nitrogens with zero attached hydrogens (tertiary/aromatic N) is 1. The minimum absolute atomic E-state index is 0.00463. The van der Waals surface area contributed by atoms with Gasteiger partial charge in [-0.05, 0) is 21.0 Å². The lowest BCUT2D eigenvalue weighted by molar-refractivity contribution is -0.126. The zero-order chi connectivity index (χ0) is 22.6. The van der Waals surface area contributed by atoms with Crippen molar-refractivity contribution in [2.45, 2.75) is 27.7 Å². The summed E-state index contributed by atoms with van der Waals surface area (Å²) in [6.07, 6.45) is 0. The molecule has 26 heavy (non-hydrogen) atoms. The average molecular weight is 385 g/mol. The Labute approximate surface area is 161 Å². The Kier molecular flexibility index (Phi) is 66.1. The number of hydrogen-bond acceptors (Lipinski definition) is 6. The molecule has 0 unspecified atom stereocenters. The van der Waals surface area contributed by atoms with Crippen LogP contribution in [0.1, 0.15) is 27.7 Å². The van der Waals surface area contributed by atoms with E-state index >= 15 is 0 Å². The van der Waals surface area contributed by atoms with Crippen molar-refractivity contribution in [3.05, 3.63) is 0 Å². The van der Waals surface area contributed by atoms with Crippen LogP contribution in [0, 0.1) is 0 Å². The molecule has 3 N–H and O–H groups in total. The van der Waals surface area contributed by atoms with Crippen molar-refractivity contribution in [2.75, 3.05) is 70.2 Å². The highest BCUT2D eigenvalue weighted by Gasteiger charge is 1.87. The van der Waals surface area contributed by atoms with Crippen molar-refractivity contribution in [2.24, 2.45) is 0 Å². The summed E-state index contributed by atoms with van der Waals surface area (Å²) < 4.78 is 8.79. The fraction of sp³-hybridized carbons (Fsp3) is 0.824. The van der Waals surface area contributed by atoms with Crippen LogP contribution in [0.4, 0.5) is 0 Å². The molecule has 0 aliphatic rings. The third-order valence-electron chi connectivity index (χ3n) is 1.62. The number of carbonyl (C=O) groups is 3. The molecule has 162 valence electrons. The Bertz CT molecular complexity index is 258. The van der Waals surface area contributed by atoms with Gasteiger partial charge in [-0.15, -0.1) is 0 Å². The summed E-state index contributed by atoms with van der Waals surface area (Å²) in [5.74, 6) is 0.102. The first-order chi connectivity index (χ1) is 11.9. The van der Waals surface area contributed by atoms with Gasteiger partial charge in [-0.3, -0.25) is 14.4 Å². The van der Waals surface area contributed by atoms with E-state index in [1.54, 1.807) is 49.5 Å². The van der Waals surface area contributed by atoms with Gasteiger partial charge < -0.3 is 30.3 Å².